The number of piperidine rings is 1. The maximum absolute atomic E-state index is 5.26. The molecule has 3 heteroatoms. The largest absolute Gasteiger partial charge is 0.384 e. The van der Waals surface area contributed by atoms with Crippen LogP contribution in [0.1, 0.15) is 26.7 Å². The van der Waals surface area contributed by atoms with E-state index >= 15 is 0 Å². The van der Waals surface area contributed by atoms with Crippen LogP contribution in [0, 0.1) is 5.41 Å². The van der Waals surface area contributed by atoms with E-state index in [0.717, 1.165) is 13.2 Å². The molecule has 1 unspecified atom stereocenters. The third kappa shape index (κ3) is 4.49. The second-order valence-electron chi connectivity index (χ2n) is 5.46. The van der Waals surface area contributed by atoms with Crippen molar-refractivity contribution in [3.8, 4) is 0 Å². The van der Waals surface area contributed by atoms with Crippen LogP contribution in [0.3, 0.4) is 0 Å². The lowest BCUT2D eigenvalue weighted by Crippen LogP contribution is -2.48. The van der Waals surface area contributed by atoms with Gasteiger partial charge in [-0.25, -0.2) is 0 Å². The van der Waals surface area contributed by atoms with E-state index in [9.17, 15) is 0 Å². The minimum absolute atomic E-state index is 0.268. The van der Waals surface area contributed by atoms with E-state index in [1.165, 1.54) is 25.9 Å². The number of ether oxygens (including phenoxy) is 1. The Bertz CT molecular complexity index is 182. The molecule has 1 fully saturated rings. The average Bonchev–Trinajstić information content (AvgIpc) is 2.17. The third-order valence-corrected chi connectivity index (χ3v) is 3.10. The van der Waals surface area contributed by atoms with E-state index in [-0.39, 0.29) is 5.41 Å². The van der Waals surface area contributed by atoms with Crippen molar-refractivity contribution in [1.29, 1.82) is 0 Å². The fraction of sp³-hybridized carbons (Fsp3) is 1.00. The summed E-state index contributed by atoms with van der Waals surface area (Å²) in [5.74, 6) is 0. The Kier molecular flexibility index (Phi) is 5.03. The molecule has 90 valence electrons. The van der Waals surface area contributed by atoms with E-state index in [1.807, 2.05) is 0 Å². The van der Waals surface area contributed by atoms with Crippen LogP contribution in [0.25, 0.3) is 0 Å². The van der Waals surface area contributed by atoms with Crippen LogP contribution in [0.5, 0.6) is 0 Å². The van der Waals surface area contributed by atoms with Crippen LogP contribution in [0.15, 0.2) is 0 Å². The van der Waals surface area contributed by atoms with Gasteiger partial charge in [-0.1, -0.05) is 13.8 Å². The summed E-state index contributed by atoms with van der Waals surface area (Å²) in [5.41, 5.74) is 0.268. The summed E-state index contributed by atoms with van der Waals surface area (Å²) >= 11 is 0. The van der Waals surface area contributed by atoms with Crippen LogP contribution in [0.4, 0.5) is 0 Å². The maximum Gasteiger partial charge on any atom is 0.0525 e. The third-order valence-electron chi connectivity index (χ3n) is 3.10. The monoisotopic (exact) mass is 214 g/mol. The summed E-state index contributed by atoms with van der Waals surface area (Å²) in [6.07, 6.45) is 2.63. The van der Waals surface area contributed by atoms with Gasteiger partial charge in [0.2, 0.25) is 0 Å². The zero-order valence-corrected chi connectivity index (χ0v) is 10.7. The van der Waals surface area contributed by atoms with Crippen LogP contribution < -0.4 is 5.32 Å². The molecular formula is C12H26N2O. The van der Waals surface area contributed by atoms with Gasteiger partial charge in [0.1, 0.15) is 0 Å². The lowest BCUT2D eigenvalue weighted by molar-refractivity contribution is 0.0583. The van der Waals surface area contributed by atoms with Gasteiger partial charge in [0, 0.05) is 31.7 Å². The van der Waals surface area contributed by atoms with E-state index in [2.05, 4.69) is 31.1 Å². The normalized spacial score (nSPS) is 24.4. The van der Waals surface area contributed by atoms with Crippen molar-refractivity contribution in [3.05, 3.63) is 0 Å². The Balaban J connectivity index is 2.36. The molecule has 0 saturated carbocycles. The summed E-state index contributed by atoms with van der Waals surface area (Å²) in [6, 6.07) is 0.678. The molecule has 1 aliphatic rings. The van der Waals surface area contributed by atoms with Gasteiger partial charge in [-0.3, -0.25) is 0 Å². The smallest absolute Gasteiger partial charge is 0.0525 e. The number of hydrogen-bond acceptors (Lipinski definition) is 3. The first-order valence-electron chi connectivity index (χ1n) is 5.96. The predicted molar refractivity (Wildman–Crippen MR) is 64.2 cm³/mol. The molecule has 0 aromatic heterocycles. The van der Waals surface area contributed by atoms with Crippen molar-refractivity contribution < 1.29 is 4.74 Å². The minimum Gasteiger partial charge on any atom is -0.384 e. The maximum atomic E-state index is 5.26. The number of rotatable bonds is 5. The Morgan fingerprint density at radius 2 is 2.20 bits per heavy atom. The number of methoxy groups -OCH3 is 1. The van der Waals surface area contributed by atoms with Crippen molar-refractivity contribution >= 4 is 0 Å². The van der Waals surface area contributed by atoms with Crippen molar-refractivity contribution in [2.45, 2.75) is 32.7 Å². The number of nitrogens with zero attached hydrogens (tertiary/aromatic N) is 1. The second kappa shape index (κ2) is 5.83. The van der Waals surface area contributed by atoms with Gasteiger partial charge in [-0.2, -0.15) is 0 Å². The molecule has 0 aromatic carbocycles. The minimum atomic E-state index is 0.268. The highest BCUT2D eigenvalue weighted by atomic mass is 16.5. The molecule has 0 aromatic rings. The van der Waals surface area contributed by atoms with E-state index in [4.69, 9.17) is 4.74 Å². The van der Waals surface area contributed by atoms with Crippen molar-refractivity contribution in [2.75, 3.05) is 40.4 Å². The predicted octanol–water partition coefficient (Wildman–Crippen LogP) is 1.34. The Morgan fingerprint density at radius 3 is 2.80 bits per heavy atom. The molecule has 1 N–H and O–H groups in total. The molecule has 0 aliphatic carbocycles. The van der Waals surface area contributed by atoms with Crippen molar-refractivity contribution in [2.24, 2.45) is 5.41 Å². The highest BCUT2D eigenvalue weighted by Gasteiger charge is 2.25. The van der Waals surface area contributed by atoms with Gasteiger partial charge in [0.05, 0.1) is 6.61 Å². The van der Waals surface area contributed by atoms with Gasteiger partial charge in [0.25, 0.3) is 0 Å². The van der Waals surface area contributed by atoms with Gasteiger partial charge in [-0.05, 0) is 26.4 Å². The summed E-state index contributed by atoms with van der Waals surface area (Å²) in [4.78, 5) is 2.56. The summed E-state index contributed by atoms with van der Waals surface area (Å²) in [7, 11) is 3.85. The Morgan fingerprint density at radius 1 is 1.47 bits per heavy atom. The molecule has 1 saturated heterocycles. The van der Waals surface area contributed by atoms with Gasteiger partial charge >= 0.3 is 0 Å². The molecule has 3 nitrogen and oxygen atoms in total. The standard InChI is InChI=1S/C12H26N2O/c1-12(2,10-15-4)9-14-7-5-6-11(8-14)13-3/h11,13H,5-10H2,1-4H3. The average molecular weight is 214 g/mol. The van der Waals surface area contributed by atoms with Gasteiger partial charge in [0.15, 0.2) is 0 Å². The van der Waals surface area contributed by atoms with Gasteiger partial charge in [-0.15, -0.1) is 0 Å². The zero-order chi connectivity index (χ0) is 11.3. The van der Waals surface area contributed by atoms with Crippen molar-refractivity contribution in [1.82, 2.24) is 10.2 Å². The first-order valence-corrected chi connectivity index (χ1v) is 5.96. The molecule has 1 aliphatic heterocycles. The fourth-order valence-electron chi connectivity index (χ4n) is 2.48. The van der Waals surface area contributed by atoms with E-state index in [1.54, 1.807) is 7.11 Å². The van der Waals surface area contributed by atoms with Crippen LogP contribution >= 0.6 is 0 Å². The number of likely N-dealkylation sites (tertiary alicyclic amines) is 1. The lowest BCUT2D eigenvalue weighted by Gasteiger charge is -2.37. The van der Waals surface area contributed by atoms with Gasteiger partial charge < -0.3 is 15.0 Å². The second-order valence-corrected chi connectivity index (χ2v) is 5.46. The first-order chi connectivity index (χ1) is 7.07. The number of nitrogens with one attached hydrogen (secondary N) is 1. The first kappa shape index (κ1) is 12.9. The molecule has 1 atom stereocenters. The number of hydrogen-bond donors (Lipinski definition) is 1. The molecule has 1 heterocycles. The molecular weight excluding hydrogens is 188 g/mol. The van der Waals surface area contributed by atoms with Crippen LogP contribution in [0.2, 0.25) is 0 Å². The van der Waals surface area contributed by atoms with E-state index in [0.29, 0.717) is 6.04 Å². The molecule has 1 rings (SSSR count). The highest BCUT2D eigenvalue weighted by molar-refractivity contribution is 4.81. The summed E-state index contributed by atoms with van der Waals surface area (Å²) in [6.45, 7) is 8.96. The molecule has 15 heavy (non-hydrogen) atoms. The molecule has 0 radical (unpaired) electrons. The van der Waals surface area contributed by atoms with Crippen LogP contribution in [-0.2, 0) is 4.74 Å². The van der Waals surface area contributed by atoms with Crippen molar-refractivity contribution in [3.63, 3.8) is 0 Å². The topological polar surface area (TPSA) is 24.5 Å². The SMILES string of the molecule is CNC1CCCN(CC(C)(C)COC)C1. The Labute approximate surface area is 94.2 Å². The molecule has 0 bridgehead atoms. The quantitative estimate of drug-likeness (QED) is 0.747. The summed E-state index contributed by atoms with van der Waals surface area (Å²) < 4.78 is 5.26. The molecule has 0 spiro atoms. The summed E-state index contributed by atoms with van der Waals surface area (Å²) in [5, 5.41) is 3.38. The zero-order valence-electron chi connectivity index (χ0n) is 10.7. The highest BCUT2D eigenvalue weighted by Crippen LogP contribution is 2.20. The number of likely N-dealkylation sites (N-methyl/N-ethyl adjacent to an activating group) is 1. The fourth-order valence-corrected chi connectivity index (χ4v) is 2.48. The Hall–Kier alpha value is -0.120. The van der Waals surface area contributed by atoms with Crippen LogP contribution in [-0.4, -0.2) is 51.3 Å². The lowest BCUT2D eigenvalue weighted by atomic mass is 9.92. The molecule has 0 amide bonds. The van der Waals surface area contributed by atoms with E-state index < -0.39 is 0 Å².